The summed E-state index contributed by atoms with van der Waals surface area (Å²) in [5.41, 5.74) is 1.04. The van der Waals surface area contributed by atoms with Crippen molar-refractivity contribution in [3.8, 4) is 0 Å². The van der Waals surface area contributed by atoms with E-state index in [1.807, 2.05) is 0 Å². The fourth-order valence-electron chi connectivity index (χ4n) is 3.57. The molecule has 0 bridgehead atoms. The van der Waals surface area contributed by atoms with Gasteiger partial charge in [0.1, 0.15) is 22.0 Å². The zero-order valence-electron chi connectivity index (χ0n) is 17.4. The summed E-state index contributed by atoms with van der Waals surface area (Å²) in [5.74, 6) is 0.644. The molecule has 164 valence electrons. The van der Waals surface area contributed by atoms with Crippen LogP contribution in [0.4, 0.5) is 25.8 Å². The first-order chi connectivity index (χ1) is 14.9. The number of fused-ring (bicyclic) bond motifs is 1. The molecular formula is C21H24ClFN6OS. The average Bonchev–Trinajstić information content (AvgIpc) is 3.14. The molecule has 2 amide bonds. The SMILES string of the molecule is CN1CCC(CNC(=O)Nc2nc3ccc(N(C)c4ccc(Cl)cc4F)nc3s2)CC1. The van der Waals surface area contributed by atoms with Crippen LogP contribution in [0, 0.1) is 11.7 Å². The number of hydrogen-bond acceptors (Lipinski definition) is 6. The second-order valence-corrected chi connectivity index (χ2v) is 9.16. The van der Waals surface area contributed by atoms with Crippen LogP contribution in [-0.2, 0) is 0 Å². The fraction of sp³-hybridized carbons (Fsp3) is 0.381. The van der Waals surface area contributed by atoms with Gasteiger partial charge in [-0.05, 0) is 69.2 Å². The lowest BCUT2D eigenvalue weighted by atomic mass is 9.97. The molecule has 4 rings (SSSR count). The minimum Gasteiger partial charge on any atom is -0.338 e. The first-order valence-corrected chi connectivity index (χ1v) is 11.3. The van der Waals surface area contributed by atoms with E-state index in [2.05, 4.69) is 32.5 Å². The summed E-state index contributed by atoms with van der Waals surface area (Å²) in [6.45, 7) is 2.78. The van der Waals surface area contributed by atoms with E-state index in [0.717, 1.165) is 25.9 Å². The van der Waals surface area contributed by atoms with Crippen LogP contribution in [0.15, 0.2) is 30.3 Å². The number of hydrogen-bond donors (Lipinski definition) is 2. The Morgan fingerprint density at radius 3 is 2.81 bits per heavy atom. The molecule has 1 fully saturated rings. The van der Waals surface area contributed by atoms with Gasteiger partial charge >= 0.3 is 6.03 Å². The molecule has 0 unspecified atom stereocenters. The lowest BCUT2D eigenvalue weighted by Gasteiger charge is -2.28. The van der Waals surface area contributed by atoms with Crippen molar-refractivity contribution < 1.29 is 9.18 Å². The summed E-state index contributed by atoms with van der Waals surface area (Å²) < 4.78 is 14.3. The molecule has 10 heteroatoms. The van der Waals surface area contributed by atoms with Crippen molar-refractivity contribution in [2.45, 2.75) is 12.8 Å². The number of urea groups is 1. The number of rotatable bonds is 5. The number of halogens is 2. The summed E-state index contributed by atoms with van der Waals surface area (Å²) in [6.07, 6.45) is 2.18. The number of anilines is 3. The van der Waals surface area contributed by atoms with E-state index in [0.29, 0.717) is 44.5 Å². The van der Waals surface area contributed by atoms with Crippen molar-refractivity contribution in [3.05, 3.63) is 41.2 Å². The Bertz CT molecular complexity index is 1080. The number of benzene rings is 1. The van der Waals surface area contributed by atoms with Crippen LogP contribution in [0.5, 0.6) is 0 Å². The number of likely N-dealkylation sites (tertiary alicyclic amines) is 1. The molecular weight excluding hydrogens is 439 g/mol. The van der Waals surface area contributed by atoms with Crippen molar-refractivity contribution in [2.75, 3.05) is 43.9 Å². The Balaban J connectivity index is 1.40. The number of thiazole rings is 1. The minimum atomic E-state index is -0.426. The normalized spacial score (nSPS) is 15.2. The van der Waals surface area contributed by atoms with E-state index in [1.165, 1.54) is 17.4 Å². The monoisotopic (exact) mass is 462 g/mol. The third-order valence-electron chi connectivity index (χ3n) is 5.47. The number of aromatic nitrogens is 2. The van der Waals surface area contributed by atoms with Gasteiger partial charge in [0, 0.05) is 18.6 Å². The molecule has 1 saturated heterocycles. The third kappa shape index (κ3) is 5.23. The summed E-state index contributed by atoms with van der Waals surface area (Å²) in [5, 5.41) is 6.54. The van der Waals surface area contributed by atoms with Crippen LogP contribution in [0.3, 0.4) is 0 Å². The number of pyridine rings is 1. The number of nitrogens with zero attached hydrogens (tertiary/aromatic N) is 4. The molecule has 2 aromatic heterocycles. The maximum Gasteiger partial charge on any atom is 0.321 e. The fourth-order valence-corrected chi connectivity index (χ4v) is 4.56. The second-order valence-electron chi connectivity index (χ2n) is 7.75. The first kappa shape index (κ1) is 21.7. The molecule has 0 saturated carbocycles. The summed E-state index contributed by atoms with van der Waals surface area (Å²) >= 11 is 7.12. The van der Waals surface area contributed by atoms with Gasteiger partial charge in [0.15, 0.2) is 5.13 Å². The highest BCUT2D eigenvalue weighted by molar-refractivity contribution is 7.22. The molecule has 1 aromatic carbocycles. The molecule has 3 aromatic rings. The van der Waals surface area contributed by atoms with Crippen LogP contribution in [0.2, 0.25) is 5.02 Å². The summed E-state index contributed by atoms with van der Waals surface area (Å²) in [4.78, 5) is 25.9. The number of nitrogens with one attached hydrogen (secondary N) is 2. The van der Waals surface area contributed by atoms with Crippen LogP contribution < -0.4 is 15.5 Å². The molecule has 0 atom stereocenters. The average molecular weight is 463 g/mol. The van der Waals surface area contributed by atoms with Gasteiger partial charge < -0.3 is 15.1 Å². The van der Waals surface area contributed by atoms with E-state index in [9.17, 15) is 9.18 Å². The molecule has 2 N–H and O–H groups in total. The molecule has 0 aliphatic carbocycles. The highest BCUT2D eigenvalue weighted by Crippen LogP contribution is 2.31. The Morgan fingerprint density at radius 1 is 1.29 bits per heavy atom. The highest BCUT2D eigenvalue weighted by Gasteiger charge is 2.18. The summed E-state index contributed by atoms with van der Waals surface area (Å²) in [6, 6.07) is 7.81. The topological polar surface area (TPSA) is 73.4 Å². The molecule has 0 radical (unpaired) electrons. The number of amides is 2. The maximum atomic E-state index is 14.3. The van der Waals surface area contributed by atoms with Gasteiger partial charge in [0.05, 0.1) is 5.69 Å². The van der Waals surface area contributed by atoms with Gasteiger partial charge in [-0.15, -0.1) is 0 Å². The predicted octanol–water partition coefficient (Wildman–Crippen LogP) is 4.72. The van der Waals surface area contributed by atoms with Crippen LogP contribution in [-0.4, -0.2) is 54.6 Å². The maximum absolute atomic E-state index is 14.3. The number of carbonyl (C=O) groups excluding carboxylic acids is 1. The molecule has 0 spiro atoms. The van der Waals surface area contributed by atoms with Crippen molar-refractivity contribution in [1.29, 1.82) is 0 Å². The molecule has 1 aliphatic heterocycles. The first-order valence-electron chi connectivity index (χ1n) is 10.1. The lowest BCUT2D eigenvalue weighted by molar-refractivity contribution is 0.213. The second kappa shape index (κ2) is 9.33. The van der Waals surface area contributed by atoms with Gasteiger partial charge in [-0.1, -0.05) is 22.9 Å². The van der Waals surface area contributed by atoms with E-state index < -0.39 is 5.82 Å². The quantitative estimate of drug-likeness (QED) is 0.574. The number of piperidine rings is 1. The van der Waals surface area contributed by atoms with Crippen molar-refractivity contribution in [2.24, 2.45) is 5.92 Å². The summed E-state index contributed by atoms with van der Waals surface area (Å²) in [7, 11) is 3.85. The zero-order valence-corrected chi connectivity index (χ0v) is 18.9. The van der Waals surface area contributed by atoms with Crippen LogP contribution in [0.1, 0.15) is 12.8 Å². The van der Waals surface area contributed by atoms with Crippen molar-refractivity contribution >= 4 is 56.0 Å². The Hall–Kier alpha value is -2.49. The van der Waals surface area contributed by atoms with E-state index in [4.69, 9.17) is 11.6 Å². The molecule has 3 heterocycles. The van der Waals surface area contributed by atoms with E-state index in [1.54, 1.807) is 36.2 Å². The van der Waals surface area contributed by atoms with Crippen LogP contribution in [0.25, 0.3) is 10.3 Å². The molecule has 7 nitrogen and oxygen atoms in total. The van der Waals surface area contributed by atoms with Gasteiger partial charge in [-0.25, -0.2) is 19.2 Å². The Labute approximate surface area is 189 Å². The highest BCUT2D eigenvalue weighted by atomic mass is 35.5. The van der Waals surface area contributed by atoms with Crippen molar-refractivity contribution in [3.63, 3.8) is 0 Å². The van der Waals surface area contributed by atoms with E-state index in [-0.39, 0.29) is 6.03 Å². The zero-order chi connectivity index (χ0) is 22.0. The Kier molecular flexibility index (Phi) is 6.54. The minimum absolute atomic E-state index is 0.265. The van der Waals surface area contributed by atoms with Crippen molar-refractivity contribution in [1.82, 2.24) is 20.2 Å². The predicted molar refractivity (Wildman–Crippen MR) is 124 cm³/mol. The third-order valence-corrected chi connectivity index (χ3v) is 6.58. The molecule has 31 heavy (non-hydrogen) atoms. The smallest absolute Gasteiger partial charge is 0.321 e. The standard InChI is InChI=1S/C21H24ClFN6OS/c1-28-9-7-13(8-10-28)12-24-20(30)27-21-25-16-4-6-18(26-19(16)31-21)29(2)17-5-3-14(22)11-15(17)23/h3-6,11,13H,7-10,12H2,1-2H3,(H2,24,25,27,30). The largest absolute Gasteiger partial charge is 0.338 e. The van der Waals surface area contributed by atoms with E-state index >= 15 is 0 Å². The lowest BCUT2D eigenvalue weighted by Crippen LogP contribution is -2.38. The van der Waals surface area contributed by atoms with Gasteiger partial charge in [-0.2, -0.15) is 0 Å². The van der Waals surface area contributed by atoms with Gasteiger partial charge in [0.25, 0.3) is 0 Å². The Morgan fingerprint density at radius 2 is 2.06 bits per heavy atom. The number of carbonyl (C=O) groups is 1. The van der Waals surface area contributed by atoms with Crippen LogP contribution >= 0.6 is 22.9 Å². The van der Waals surface area contributed by atoms with Gasteiger partial charge in [0.2, 0.25) is 0 Å². The molecule has 1 aliphatic rings. The van der Waals surface area contributed by atoms with Gasteiger partial charge in [-0.3, -0.25) is 5.32 Å².